The summed E-state index contributed by atoms with van der Waals surface area (Å²) in [7, 11) is 0. The Morgan fingerprint density at radius 1 is 1.38 bits per heavy atom. The van der Waals surface area contributed by atoms with E-state index in [-0.39, 0.29) is 5.75 Å². The first-order valence-electron chi connectivity index (χ1n) is 3.84. The molecule has 0 fully saturated rings. The van der Waals surface area contributed by atoms with Gasteiger partial charge in [0.15, 0.2) is 0 Å². The third-order valence-electron chi connectivity index (χ3n) is 1.54. The standard InChI is InChI=1S/C8H10N2O3/c9-6-5-7-1-3-8(4-2-7)13-10(11)12/h1-4H,5-6,9H2. The van der Waals surface area contributed by atoms with Crippen LogP contribution >= 0.6 is 0 Å². The largest absolute Gasteiger partial charge is 0.330 e. The quantitative estimate of drug-likeness (QED) is 0.550. The molecule has 0 radical (unpaired) electrons. The molecule has 0 amide bonds. The predicted octanol–water partition coefficient (Wildman–Crippen LogP) is 0.758. The van der Waals surface area contributed by atoms with Gasteiger partial charge in [0.25, 0.3) is 5.09 Å². The van der Waals surface area contributed by atoms with Crippen molar-refractivity contribution in [2.24, 2.45) is 5.73 Å². The topological polar surface area (TPSA) is 78.4 Å². The summed E-state index contributed by atoms with van der Waals surface area (Å²) in [6, 6.07) is 6.61. The molecular formula is C8H10N2O3. The van der Waals surface area contributed by atoms with E-state index in [0.717, 1.165) is 12.0 Å². The summed E-state index contributed by atoms with van der Waals surface area (Å²) < 4.78 is 0. The first-order valence-corrected chi connectivity index (χ1v) is 3.84. The minimum absolute atomic E-state index is 0.228. The van der Waals surface area contributed by atoms with Gasteiger partial charge in [-0.05, 0) is 30.7 Å². The molecular weight excluding hydrogens is 172 g/mol. The Kier molecular flexibility index (Phi) is 3.22. The molecule has 0 unspecified atom stereocenters. The maximum absolute atomic E-state index is 9.94. The van der Waals surface area contributed by atoms with Crippen molar-refractivity contribution < 1.29 is 9.92 Å². The number of nitrogens with zero attached hydrogens (tertiary/aromatic N) is 1. The van der Waals surface area contributed by atoms with Crippen LogP contribution in [0.2, 0.25) is 0 Å². The first kappa shape index (κ1) is 9.47. The maximum Gasteiger partial charge on any atom is 0.299 e. The van der Waals surface area contributed by atoms with Gasteiger partial charge in [0.2, 0.25) is 0 Å². The lowest BCUT2D eigenvalue weighted by Crippen LogP contribution is -2.04. The SMILES string of the molecule is NCCc1ccc(O[N+](=O)[O-])cc1. The molecule has 0 saturated heterocycles. The Hall–Kier alpha value is -1.62. The molecule has 0 aromatic heterocycles. The van der Waals surface area contributed by atoms with E-state index < -0.39 is 5.09 Å². The van der Waals surface area contributed by atoms with Gasteiger partial charge in [-0.15, -0.1) is 10.1 Å². The van der Waals surface area contributed by atoms with E-state index in [1.54, 1.807) is 24.3 Å². The smallest absolute Gasteiger partial charge is 0.299 e. The van der Waals surface area contributed by atoms with Crippen LogP contribution in [0.15, 0.2) is 24.3 Å². The van der Waals surface area contributed by atoms with E-state index in [1.165, 1.54) is 0 Å². The summed E-state index contributed by atoms with van der Waals surface area (Å²) in [5.41, 5.74) is 6.38. The lowest BCUT2D eigenvalue weighted by molar-refractivity contribution is -0.711. The van der Waals surface area contributed by atoms with E-state index >= 15 is 0 Å². The highest BCUT2D eigenvalue weighted by atomic mass is 17.0. The second kappa shape index (κ2) is 4.42. The summed E-state index contributed by atoms with van der Waals surface area (Å²) in [6.45, 7) is 0.565. The predicted molar refractivity (Wildman–Crippen MR) is 46.8 cm³/mol. The van der Waals surface area contributed by atoms with Crippen molar-refractivity contribution in [2.45, 2.75) is 6.42 Å². The highest BCUT2D eigenvalue weighted by molar-refractivity contribution is 5.26. The van der Waals surface area contributed by atoms with Crippen molar-refractivity contribution in [3.63, 3.8) is 0 Å². The number of rotatable bonds is 4. The Morgan fingerprint density at radius 2 is 2.00 bits per heavy atom. The number of nitrogens with two attached hydrogens (primary N) is 1. The average Bonchev–Trinajstić information content (AvgIpc) is 2.08. The van der Waals surface area contributed by atoms with Gasteiger partial charge in [-0.25, -0.2) is 0 Å². The van der Waals surface area contributed by atoms with Crippen molar-refractivity contribution in [3.8, 4) is 5.75 Å². The molecule has 0 aliphatic heterocycles. The molecule has 0 aliphatic carbocycles. The fourth-order valence-electron chi connectivity index (χ4n) is 0.970. The fourth-order valence-corrected chi connectivity index (χ4v) is 0.970. The Bertz CT molecular complexity index is 284. The van der Waals surface area contributed by atoms with Gasteiger partial charge in [0.05, 0.1) is 0 Å². The molecule has 5 nitrogen and oxygen atoms in total. The summed E-state index contributed by atoms with van der Waals surface area (Å²) in [5.74, 6) is 0.228. The van der Waals surface area contributed by atoms with Gasteiger partial charge in [0.1, 0.15) is 5.75 Å². The Morgan fingerprint density at radius 3 is 2.46 bits per heavy atom. The molecule has 1 aromatic carbocycles. The zero-order valence-corrected chi connectivity index (χ0v) is 6.97. The molecule has 0 spiro atoms. The van der Waals surface area contributed by atoms with Crippen LogP contribution in [-0.2, 0) is 6.42 Å². The van der Waals surface area contributed by atoms with E-state index in [9.17, 15) is 10.1 Å². The molecule has 13 heavy (non-hydrogen) atoms. The fraction of sp³-hybridized carbons (Fsp3) is 0.250. The molecule has 2 N–H and O–H groups in total. The van der Waals surface area contributed by atoms with E-state index in [4.69, 9.17) is 5.73 Å². The highest BCUT2D eigenvalue weighted by Gasteiger charge is 1.98. The lowest BCUT2D eigenvalue weighted by Gasteiger charge is -2.00. The third kappa shape index (κ3) is 3.08. The maximum atomic E-state index is 9.94. The van der Waals surface area contributed by atoms with Crippen molar-refractivity contribution in [2.75, 3.05) is 6.54 Å². The molecule has 0 atom stereocenters. The Labute approximate surface area is 75.2 Å². The first-order chi connectivity index (χ1) is 6.22. The van der Waals surface area contributed by atoms with Crippen LogP contribution in [0.5, 0.6) is 5.75 Å². The average molecular weight is 182 g/mol. The molecule has 0 bridgehead atoms. The molecule has 1 rings (SSSR count). The zero-order chi connectivity index (χ0) is 9.68. The van der Waals surface area contributed by atoms with Crippen molar-refractivity contribution in [1.29, 1.82) is 0 Å². The third-order valence-corrected chi connectivity index (χ3v) is 1.54. The van der Waals surface area contributed by atoms with Gasteiger partial charge in [-0.2, -0.15) is 0 Å². The van der Waals surface area contributed by atoms with Crippen LogP contribution in [0.1, 0.15) is 5.56 Å². The van der Waals surface area contributed by atoms with Crippen molar-refractivity contribution in [3.05, 3.63) is 39.9 Å². The van der Waals surface area contributed by atoms with Gasteiger partial charge in [-0.3, -0.25) is 4.84 Å². The lowest BCUT2D eigenvalue weighted by atomic mass is 10.1. The van der Waals surface area contributed by atoms with Crippen LogP contribution in [-0.4, -0.2) is 11.6 Å². The van der Waals surface area contributed by atoms with Gasteiger partial charge in [-0.1, -0.05) is 12.1 Å². The van der Waals surface area contributed by atoms with E-state index in [2.05, 4.69) is 4.84 Å². The van der Waals surface area contributed by atoms with Crippen LogP contribution in [0, 0.1) is 10.1 Å². The van der Waals surface area contributed by atoms with Crippen LogP contribution in [0.4, 0.5) is 0 Å². The normalized spacial score (nSPS) is 9.62. The molecule has 5 heteroatoms. The van der Waals surface area contributed by atoms with Crippen LogP contribution < -0.4 is 10.6 Å². The van der Waals surface area contributed by atoms with E-state index in [0.29, 0.717) is 6.54 Å². The van der Waals surface area contributed by atoms with Gasteiger partial charge in [0, 0.05) is 0 Å². The number of benzene rings is 1. The molecule has 70 valence electrons. The van der Waals surface area contributed by atoms with E-state index in [1.807, 2.05) is 0 Å². The zero-order valence-electron chi connectivity index (χ0n) is 6.97. The van der Waals surface area contributed by atoms with Crippen molar-refractivity contribution in [1.82, 2.24) is 0 Å². The molecule has 0 aliphatic rings. The monoisotopic (exact) mass is 182 g/mol. The minimum Gasteiger partial charge on any atom is -0.330 e. The van der Waals surface area contributed by atoms with Crippen molar-refractivity contribution >= 4 is 0 Å². The molecule has 1 aromatic rings. The summed E-state index contributed by atoms with van der Waals surface area (Å²) in [4.78, 5) is 14.2. The minimum atomic E-state index is -0.835. The highest BCUT2D eigenvalue weighted by Crippen LogP contribution is 2.11. The number of hydrogen-bond acceptors (Lipinski definition) is 4. The van der Waals surface area contributed by atoms with Crippen LogP contribution in [0.25, 0.3) is 0 Å². The summed E-state index contributed by atoms with van der Waals surface area (Å²) >= 11 is 0. The second-order valence-corrected chi connectivity index (χ2v) is 2.50. The molecule has 0 saturated carbocycles. The van der Waals surface area contributed by atoms with Gasteiger partial charge < -0.3 is 5.73 Å². The number of hydrogen-bond donors (Lipinski definition) is 1. The summed E-state index contributed by atoms with van der Waals surface area (Å²) in [5, 5.41) is 9.11. The summed E-state index contributed by atoms with van der Waals surface area (Å²) in [6.07, 6.45) is 0.763. The molecule has 0 heterocycles. The Balaban J connectivity index is 2.64. The second-order valence-electron chi connectivity index (χ2n) is 2.50. The van der Waals surface area contributed by atoms with Gasteiger partial charge >= 0.3 is 0 Å². The van der Waals surface area contributed by atoms with Crippen LogP contribution in [0.3, 0.4) is 0 Å².